The van der Waals surface area contributed by atoms with Gasteiger partial charge in [-0.15, -0.1) is 0 Å². The molecule has 16 heavy (non-hydrogen) atoms. The Morgan fingerprint density at radius 3 is 2.44 bits per heavy atom. The van der Waals surface area contributed by atoms with Crippen molar-refractivity contribution in [1.82, 2.24) is 4.98 Å². The molecule has 0 unspecified atom stereocenters. The summed E-state index contributed by atoms with van der Waals surface area (Å²) in [6, 6.07) is 2.08. The molecule has 3 nitrogen and oxygen atoms in total. The Bertz CT molecular complexity index is 355. The second-order valence-corrected chi connectivity index (χ2v) is 2.91. The van der Waals surface area contributed by atoms with Crippen LogP contribution in [0.2, 0.25) is 0 Å². The van der Waals surface area contributed by atoms with E-state index < -0.39 is 18.4 Å². The van der Waals surface area contributed by atoms with Gasteiger partial charge in [-0.1, -0.05) is 11.5 Å². The third-order valence-corrected chi connectivity index (χ3v) is 1.78. The van der Waals surface area contributed by atoms with E-state index in [1.165, 1.54) is 13.2 Å². The number of carbonyl (C=O) groups excluding carboxylic acids is 1. The van der Waals surface area contributed by atoms with Gasteiger partial charge in [0.2, 0.25) is 0 Å². The van der Waals surface area contributed by atoms with Crippen molar-refractivity contribution < 1.29 is 73.9 Å². The number of methoxy groups -OCH3 is 1. The van der Waals surface area contributed by atoms with E-state index in [9.17, 15) is 17.7 Å². The molecule has 0 N–H and O–H groups in total. The van der Waals surface area contributed by atoms with Gasteiger partial charge >= 0.3 is 64.3 Å². The standard InChI is InChI=1S/C8H8BF3NO2.K/c1-15-8(14)4-7-3-2-6(5-13-7)9(10,11)12;/h2-3,5H,4H2,1H3;/q-1;+1. The van der Waals surface area contributed by atoms with Crippen molar-refractivity contribution in [2.24, 2.45) is 0 Å². The van der Waals surface area contributed by atoms with Crippen molar-refractivity contribution in [3.05, 3.63) is 24.0 Å². The summed E-state index contributed by atoms with van der Waals surface area (Å²) in [4.78, 5) is 14.3. The topological polar surface area (TPSA) is 39.2 Å². The largest absolute Gasteiger partial charge is 1.00 e. The molecule has 1 rings (SSSR count). The Morgan fingerprint density at radius 2 is 2.06 bits per heavy atom. The predicted molar refractivity (Wildman–Crippen MR) is 48.7 cm³/mol. The molecule has 0 atom stereocenters. The van der Waals surface area contributed by atoms with Crippen molar-refractivity contribution in [3.8, 4) is 0 Å². The van der Waals surface area contributed by atoms with E-state index in [2.05, 4.69) is 9.72 Å². The molecule has 0 aromatic carbocycles. The van der Waals surface area contributed by atoms with Crippen LogP contribution in [-0.2, 0) is 16.0 Å². The number of ether oxygens (including phenoxy) is 1. The first kappa shape index (κ1) is 16.1. The maximum absolute atomic E-state index is 12.2. The van der Waals surface area contributed by atoms with Crippen LogP contribution in [0.4, 0.5) is 12.9 Å². The summed E-state index contributed by atoms with van der Waals surface area (Å²) >= 11 is 0. The molecule has 1 heterocycles. The zero-order valence-electron chi connectivity index (χ0n) is 8.91. The van der Waals surface area contributed by atoms with Crippen LogP contribution in [0.25, 0.3) is 0 Å². The molecule has 0 spiro atoms. The van der Waals surface area contributed by atoms with E-state index in [0.29, 0.717) is 0 Å². The van der Waals surface area contributed by atoms with Gasteiger partial charge in [0, 0.05) is 6.20 Å². The first-order valence-corrected chi connectivity index (χ1v) is 4.15. The van der Waals surface area contributed by atoms with E-state index in [1.807, 2.05) is 0 Å². The number of esters is 1. The molecule has 0 amide bonds. The molecule has 0 saturated heterocycles. The number of hydrogen-bond donors (Lipinski definition) is 0. The smallest absolute Gasteiger partial charge is 0.469 e. The minimum Gasteiger partial charge on any atom is -0.469 e. The molecular weight excluding hydrogens is 249 g/mol. The van der Waals surface area contributed by atoms with Gasteiger partial charge in [0.1, 0.15) is 0 Å². The Labute approximate surface area is 133 Å². The summed E-state index contributed by atoms with van der Waals surface area (Å²) in [5.41, 5.74) is -0.519. The molecule has 0 aliphatic heterocycles. The Morgan fingerprint density at radius 1 is 1.44 bits per heavy atom. The van der Waals surface area contributed by atoms with Crippen LogP contribution in [0.15, 0.2) is 18.3 Å². The SMILES string of the molecule is COC(=O)Cc1ccc([B-](F)(F)F)cn1.[K+]. The van der Waals surface area contributed by atoms with Crippen LogP contribution < -0.4 is 56.8 Å². The number of nitrogens with zero attached hydrogens (tertiary/aromatic N) is 1. The van der Waals surface area contributed by atoms with Crippen molar-refractivity contribution in [2.75, 3.05) is 7.11 Å². The van der Waals surface area contributed by atoms with Gasteiger partial charge in [-0.05, 0) is 6.07 Å². The molecule has 0 radical (unpaired) electrons. The van der Waals surface area contributed by atoms with Crippen LogP contribution in [0.5, 0.6) is 0 Å². The van der Waals surface area contributed by atoms with Gasteiger partial charge in [-0.25, -0.2) is 0 Å². The van der Waals surface area contributed by atoms with Gasteiger partial charge in [0.15, 0.2) is 0 Å². The van der Waals surface area contributed by atoms with E-state index in [4.69, 9.17) is 0 Å². The Kier molecular flexibility index (Phi) is 6.80. The van der Waals surface area contributed by atoms with Crippen molar-refractivity contribution in [2.45, 2.75) is 6.42 Å². The van der Waals surface area contributed by atoms with Gasteiger partial charge in [-0.3, -0.25) is 9.78 Å². The molecule has 0 bridgehead atoms. The third kappa shape index (κ3) is 4.96. The summed E-state index contributed by atoms with van der Waals surface area (Å²) in [6.45, 7) is -5.03. The molecule has 0 aliphatic rings. The van der Waals surface area contributed by atoms with Crippen molar-refractivity contribution in [1.29, 1.82) is 0 Å². The molecule has 0 aliphatic carbocycles. The number of carbonyl (C=O) groups is 1. The van der Waals surface area contributed by atoms with Crippen molar-refractivity contribution in [3.63, 3.8) is 0 Å². The number of pyridine rings is 1. The first-order chi connectivity index (χ1) is 6.93. The molecule has 82 valence electrons. The summed E-state index contributed by atoms with van der Waals surface area (Å²) in [6.07, 6.45) is 0.597. The predicted octanol–water partition coefficient (Wildman–Crippen LogP) is -2.14. The number of aromatic nitrogens is 1. The molecule has 8 heteroatoms. The molecule has 1 aromatic rings. The van der Waals surface area contributed by atoms with Crippen LogP contribution in [0.3, 0.4) is 0 Å². The van der Waals surface area contributed by atoms with Crippen molar-refractivity contribution >= 4 is 18.4 Å². The Balaban J connectivity index is 0.00000225. The van der Waals surface area contributed by atoms with Crippen LogP contribution in [-0.4, -0.2) is 25.0 Å². The fraction of sp³-hybridized carbons (Fsp3) is 0.250. The van der Waals surface area contributed by atoms with E-state index in [0.717, 1.165) is 12.3 Å². The van der Waals surface area contributed by atoms with Gasteiger partial charge in [0.25, 0.3) is 0 Å². The van der Waals surface area contributed by atoms with Gasteiger partial charge in [-0.2, -0.15) is 0 Å². The van der Waals surface area contributed by atoms with Crippen LogP contribution in [0.1, 0.15) is 5.69 Å². The minimum absolute atomic E-state index is 0. The molecule has 0 saturated carbocycles. The van der Waals surface area contributed by atoms with Gasteiger partial charge < -0.3 is 17.7 Å². The van der Waals surface area contributed by atoms with Gasteiger partial charge in [0.05, 0.1) is 19.2 Å². The molecule has 1 aromatic heterocycles. The minimum atomic E-state index is -5.03. The zero-order chi connectivity index (χ0) is 11.5. The number of rotatable bonds is 3. The molecule has 0 fully saturated rings. The Hall–Kier alpha value is 0.111. The maximum atomic E-state index is 12.2. The van der Waals surface area contributed by atoms with E-state index >= 15 is 0 Å². The maximum Gasteiger partial charge on any atom is 1.00 e. The summed E-state index contributed by atoms with van der Waals surface area (Å²) in [5, 5.41) is 0. The average Bonchev–Trinajstić information content (AvgIpc) is 2.17. The van der Waals surface area contributed by atoms with E-state index in [-0.39, 0.29) is 63.5 Å². The fourth-order valence-corrected chi connectivity index (χ4v) is 0.954. The normalized spacial score (nSPS) is 10.5. The summed E-state index contributed by atoms with van der Waals surface area (Å²) < 4.78 is 40.9. The zero-order valence-corrected chi connectivity index (χ0v) is 12.0. The monoisotopic (exact) mass is 257 g/mol. The first-order valence-electron chi connectivity index (χ1n) is 4.15. The molecular formula is C8H8BF3KNO2. The fourth-order valence-electron chi connectivity index (χ4n) is 0.954. The summed E-state index contributed by atoms with van der Waals surface area (Å²) in [7, 11) is 1.20. The number of halogens is 3. The van der Waals surface area contributed by atoms with Crippen LogP contribution >= 0.6 is 0 Å². The average molecular weight is 257 g/mol. The number of hydrogen-bond acceptors (Lipinski definition) is 3. The van der Waals surface area contributed by atoms with Crippen LogP contribution in [0, 0.1) is 0 Å². The second kappa shape index (κ2) is 6.75. The quantitative estimate of drug-likeness (QED) is 0.458. The second-order valence-electron chi connectivity index (χ2n) is 2.91. The summed E-state index contributed by atoms with van der Waals surface area (Å²) in [5.74, 6) is -0.534. The third-order valence-electron chi connectivity index (χ3n) is 1.78. The van der Waals surface area contributed by atoms with E-state index in [1.54, 1.807) is 0 Å².